The Kier molecular flexibility index (Phi) is 4.70. The maximum absolute atomic E-state index is 13.9. The van der Waals surface area contributed by atoms with Crippen LogP contribution in [0.2, 0.25) is 0 Å². The van der Waals surface area contributed by atoms with Crippen molar-refractivity contribution >= 4 is 23.4 Å². The SMILES string of the molecule is CCOC(=O)Nc1ccc2c(c1)NC(=O)C[C@H]2c1ccc(C)c(F)c1. The molecule has 130 valence electrons. The highest BCUT2D eigenvalue weighted by molar-refractivity contribution is 5.96. The number of aryl methyl sites for hydroxylation is 1. The van der Waals surface area contributed by atoms with Gasteiger partial charge in [0.25, 0.3) is 0 Å². The van der Waals surface area contributed by atoms with Crippen LogP contribution in [0.5, 0.6) is 0 Å². The molecule has 1 aliphatic heterocycles. The first-order valence-electron chi connectivity index (χ1n) is 8.11. The summed E-state index contributed by atoms with van der Waals surface area (Å²) >= 11 is 0. The molecule has 0 saturated carbocycles. The van der Waals surface area contributed by atoms with Gasteiger partial charge in [-0.05, 0) is 48.7 Å². The summed E-state index contributed by atoms with van der Waals surface area (Å²) in [5.74, 6) is -0.659. The van der Waals surface area contributed by atoms with E-state index in [0.717, 1.165) is 11.1 Å². The molecule has 2 aromatic carbocycles. The molecule has 0 bridgehead atoms. The summed E-state index contributed by atoms with van der Waals surface area (Å²) in [5.41, 5.74) is 3.34. The summed E-state index contributed by atoms with van der Waals surface area (Å²) in [7, 11) is 0. The second-order valence-corrected chi connectivity index (χ2v) is 5.96. The van der Waals surface area contributed by atoms with Crippen molar-refractivity contribution < 1.29 is 18.7 Å². The summed E-state index contributed by atoms with van der Waals surface area (Å²) in [4.78, 5) is 23.6. The van der Waals surface area contributed by atoms with Gasteiger partial charge in [0.15, 0.2) is 0 Å². The van der Waals surface area contributed by atoms with E-state index in [1.165, 1.54) is 6.07 Å². The molecule has 0 saturated heterocycles. The smallest absolute Gasteiger partial charge is 0.411 e. The van der Waals surface area contributed by atoms with Crippen molar-refractivity contribution in [3.05, 3.63) is 58.9 Å². The standard InChI is InChI=1S/C19H19FN2O3/c1-3-25-19(24)21-13-6-7-14-15(10-18(23)22-17(14)9-13)12-5-4-11(2)16(20)8-12/h4-9,15H,3,10H2,1-2H3,(H,21,24)(H,22,23)/t15-/m0/s1. The van der Waals surface area contributed by atoms with Crippen LogP contribution in [0.15, 0.2) is 36.4 Å². The molecular formula is C19H19FN2O3. The highest BCUT2D eigenvalue weighted by Gasteiger charge is 2.27. The normalized spacial score (nSPS) is 16.0. The second-order valence-electron chi connectivity index (χ2n) is 5.96. The summed E-state index contributed by atoms with van der Waals surface area (Å²) in [6.07, 6.45) is -0.304. The molecule has 0 radical (unpaired) electrons. The second kappa shape index (κ2) is 6.93. The fraction of sp³-hybridized carbons (Fsp3) is 0.263. The van der Waals surface area contributed by atoms with Crippen molar-refractivity contribution in [1.29, 1.82) is 0 Å². The van der Waals surface area contributed by atoms with Crippen LogP contribution in [0.1, 0.15) is 36.0 Å². The molecule has 2 amide bonds. The molecule has 25 heavy (non-hydrogen) atoms. The Balaban J connectivity index is 1.93. The molecule has 0 unspecified atom stereocenters. The van der Waals surface area contributed by atoms with Gasteiger partial charge in [0.2, 0.25) is 5.91 Å². The van der Waals surface area contributed by atoms with Gasteiger partial charge in [-0.15, -0.1) is 0 Å². The summed E-state index contributed by atoms with van der Waals surface area (Å²) in [6.45, 7) is 3.69. The van der Waals surface area contributed by atoms with E-state index in [1.54, 1.807) is 32.0 Å². The third-order valence-electron chi connectivity index (χ3n) is 4.21. The quantitative estimate of drug-likeness (QED) is 0.879. The lowest BCUT2D eigenvalue weighted by molar-refractivity contribution is -0.116. The number of carbonyl (C=O) groups excluding carboxylic acids is 2. The Labute approximate surface area is 145 Å². The van der Waals surface area contributed by atoms with Crippen LogP contribution in [-0.2, 0) is 9.53 Å². The van der Waals surface area contributed by atoms with Crippen LogP contribution in [0.3, 0.4) is 0 Å². The van der Waals surface area contributed by atoms with E-state index < -0.39 is 6.09 Å². The van der Waals surface area contributed by atoms with E-state index in [1.807, 2.05) is 12.1 Å². The lowest BCUT2D eigenvalue weighted by Crippen LogP contribution is -2.24. The predicted octanol–water partition coefficient (Wildman–Crippen LogP) is 4.18. The number of anilines is 2. The number of nitrogens with one attached hydrogen (secondary N) is 2. The molecule has 0 aliphatic carbocycles. The van der Waals surface area contributed by atoms with Gasteiger partial charge >= 0.3 is 6.09 Å². The van der Waals surface area contributed by atoms with Crippen LogP contribution in [0.4, 0.5) is 20.6 Å². The molecule has 3 rings (SSSR count). The van der Waals surface area contributed by atoms with Gasteiger partial charge in [0, 0.05) is 23.7 Å². The third kappa shape index (κ3) is 3.63. The molecule has 1 heterocycles. The number of halogens is 1. The monoisotopic (exact) mass is 342 g/mol. The molecule has 1 atom stereocenters. The zero-order valence-corrected chi connectivity index (χ0v) is 14.1. The highest BCUT2D eigenvalue weighted by Crippen LogP contribution is 2.38. The zero-order chi connectivity index (χ0) is 18.0. The third-order valence-corrected chi connectivity index (χ3v) is 4.21. The average molecular weight is 342 g/mol. The van der Waals surface area contributed by atoms with Crippen molar-refractivity contribution in [3.63, 3.8) is 0 Å². The number of rotatable bonds is 3. The van der Waals surface area contributed by atoms with Crippen molar-refractivity contribution in [2.75, 3.05) is 17.2 Å². The summed E-state index contributed by atoms with van der Waals surface area (Å²) < 4.78 is 18.8. The van der Waals surface area contributed by atoms with Crippen LogP contribution in [0, 0.1) is 12.7 Å². The first-order valence-corrected chi connectivity index (χ1v) is 8.11. The molecule has 0 spiro atoms. The number of carbonyl (C=O) groups is 2. The molecule has 6 heteroatoms. The minimum atomic E-state index is -0.554. The van der Waals surface area contributed by atoms with Gasteiger partial charge in [-0.2, -0.15) is 0 Å². The maximum atomic E-state index is 13.9. The zero-order valence-electron chi connectivity index (χ0n) is 14.1. The largest absolute Gasteiger partial charge is 0.450 e. The van der Waals surface area contributed by atoms with Gasteiger partial charge in [0.1, 0.15) is 5.82 Å². The lowest BCUT2D eigenvalue weighted by atomic mass is 9.84. The lowest BCUT2D eigenvalue weighted by Gasteiger charge is -2.26. The number of ether oxygens (including phenoxy) is 1. The molecule has 0 fully saturated rings. The molecule has 0 aromatic heterocycles. The van der Waals surface area contributed by atoms with Gasteiger partial charge in [0.05, 0.1) is 6.61 Å². The fourth-order valence-corrected chi connectivity index (χ4v) is 2.95. The van der Waals surface area contributed by atoms with Crippen molar-refractivity contribution in [2.24, 2.45) is 0 Å². The van der Waals surface area contributed by atoms with Gasteiger partial charge in [-0.1, -0.05) is 18.2 Å². The average Bonchev–Trinajstić information content (AvgIpc) is 2.56. The fourth-order valence-electron chi connectivity index (χ4n) is 2.95. The van der Waals surface area contributed by atoms with E-state index >= 15 is 0 Å². The van der Waals surface area contributed by atoms with Crippen LogP contribution >= 0.6 is 0 Å². The molecule has 2 N–H and O–H groups in total. The molecule has 5 nitrogen and oxygen atoms in total. The molecule has 2 aromatic rings. The van der Waals surface area contributed by atoms with Crippen molar-refractivity contribution in [3.8, 4) is 0 Å². The number of fused-ring (bicyclic) bond motifs is 1. The number of hydrogen-bond donors (Lipinski definition) is 2. The first-order chi connectivity index (χ1) is 12.0. The van der Waals surface area contributed by atoms with E-state index in [4.69, 9.17) is 4.74 Å². The van der Waals surface area contributed by atoms with Crippen LogP contribution < -0.4 is 10.6 Å². The van der Waals surface area contributed by atoms with Crippen molar-refractivity contribution in [2.45, 2.75) is 26.2 Å². The predicted molar refractivity (Wildman–Crippen MR) is 93.3 cm³/mol. The first kappa shape index (κ1) is 17.0. The van der Waals surface area contributed by atoms with Gasteiger partial charge < -0.3 is 10.1 Å². The summed E-state index contributed by atoms with van der Waals surface area (Å²) in [6, 6.07) is 10.3. The molecular weight excluding hydrogens is 323 g/mol. The Morgan fingerprint density at radius 1 is 1.32 bits per heavy atom. The maximum Gasteiger partial charge on any atom is 0.411 e. The van der Waals surface area contributed by atoms with E-state index in [-0.39, 0.29) is 30.7 Å². The van der Waals surface area contributed by atoms with Crippen molar-refractivity contribution in [1.82, 2.24) is 0 Å². The minimum absolute atomic E-state index is 0.147. The Morgan fingerprint density at radius 2 is 2.12 bits per heavy atom. The number of hydrogen-bond acceptors (Lipinski definition) is 3. The minimum Gasteiger partial charge on any atom is -0.450 e. The van der Waals surface area contributed by atoms with E-state index in [9.17, 15) is 14.0 Å². The van der Waals surface area contributed by atoms with Crippen LogP contribution in [-0.4, -0.2) is 18.6 Å². The van der Waals surface area contributed by atoms with Crippen LogP contribution in [0.25, 0.3) is 0 Å². The topological polar surface area (TPSA) is 67.4 Å². The Morgan fingerprint density at radius 3 is 2.84 bits per heavy atom. The number of benzene rings is 2. The Hall–Kier alpha value is -2.89. The highest BCUT2D eigenvalue weighted by atomic mass is 19.1. The molecule has 1 aliphatic rings. The summed E-state index contributed by atoms with van der Waals surface area (Å²) in [5, 5.41) is 5.41. The van der Waals surface area contributed by atoms with E-state index in [2.05, 4.69) is 10.6 Å². The number of amides is 2. The van der Waals surface area contributed by atoms with Gasteiger partial charge in [-0.3, -0.25) is 10.1 Å². The van der Waals surface area contributed by atoms with Gasteiger partial charge in [-0.25, -0.2) is 9.18 Å². The Bertz CT molecular complexity index is 835. The van der Waals surface area contributed by atoms with E-state index in [0.29, 0.717) is 16.9 Å².